The van der Waals surface area contributed by atoms with Crippen LogP contribution in [0.3, 0.4) is 0 Å². The Kier molecular flexibility index (Phi) is 8.08. The van der Waals surface area contributed by atoms with Crippen LogP contribution in [0.25, 0.3) is 0 Å². The van der Waals surface area contributed by atoms with Crippen LogP contribution in [0.1, 0.15) is 34.1 Å². The third kappa shape index (κ3) is 3.71. The van der Waals surface area contributed by atoms with E-state index >= 15 is 0 Å². The molecule has 0 fully saturated rings. The summed E-state index contributed by atoms with van der Waals surface area (Å²) in [6, 6.07) is 0. The topological polar surface area (TPSA) is 0 Å². The van der Waals surface area contributed by atoms with E-state index in [1.54, 1.807) is 0 Å². The first kappa shape index (κ1) is 13.5. The van der Waals surface area contributed by atoms with Gasteiger partial charge in [0.2, 0.25) is 0 Å². The van der Waals surface area contributed by atoms with Crippen LogP contribution in [0.4, 0.5) is 0 Å². The summed E-state index contributed by atoms with van der Waals surface area (Å²) in [4.78, 5) is 0. The SMILES string of the molecule is CCC[N+](CC)(CC)CC.[F-]. The van der Waals surface area contributed by atoms with E-state index in [0.717, 1.165) is 0 Å². The van der Waals surface area contributed by atoms with Crippen molar-refractivity contribution in [3.8, 4) is 0 Å². The first-order valence-corrected chi connectivity index (χ1v) is 4.59. The minimum absolute atomic E-state index is 0. The molecule has 70 valence electrons. The van der Waals surface area contributed by atoms with Gasteiger partial charge in [-0.1, -0.05) is 6.92 Å². The molecule has 0 N–H and O–H groups in total. The van der Waals surface area contributed by atoms with E-state index in [2.05, 4.69) is 27.7 Å². The number of hydrogen-bond acceptors (Lipinski definition) is 0. The molecule has 0 atom stereocenters. The van der Waals surface area contributed by atoms with Crippen LogP contribution in [0.15, 0.2) is 0 Å². The van der Waals surface area contributed by atoms with Gasteiger partial charge in [0.05, 0.1) is 26.2 Å². The number of halogens is 1. The van der Waals surface area contributed by atoms with Gasteiger partial charge in [-0.25, -0.2) is 0 Å². The zero-order valence-corrected chi connectivity index (χ0v) is 8.36. The first-order chi connectivity index (χ1) is 4.74. The van der Waals surface area contributed by atoms with Crippen LogP contribution >= 0.6 is 0 Å². The smallest absolute Gasteiger partial charge is 0.0783 e. The summed E-state index contributed by atoms with van der Waals surface area (Å²) in [6.45, 7) is 14.4. The van der Waals surface area contributed by atoms with Crippen LogP contribution in [-0.2, 0) is 0 Å². The van der Waals surface area contributed by atoms with Gasteiger partial charge in [0.25, 0.3) is 0 Å². The lowest BCUT2D eigenvalue weighted by Crippen LogP contribution is -3.00. The van der Waals surface area contributed by atoms with Gasteiger partial charge in [-0.3, -0.25) is 0 Å². The lowest BCUT2D eigenvalue weighted by molar-refractivity contribution is -0.923. The van der Waals surface area contributed by atoms with E-state index in [4.69, 9.17) is 0 Å². The Balaban J connectivity index is 0. The van der Waals surface area contributed by atoms with Crippen LogP contribution in [0, 0.1) is 0 Å². The van der Waals surface area contributed by atoms with Gasteiger partial charge >= 0.3 is 0 Å². The van der Waals surface area contributed by atoms with Gasteiger partial charge in [-0.15, -0.1) is 0 Å². The highest BCUT2D eigenvalue weighted by atomic mass is 19.0. The van der Waals surface area contributed by atoms with Crippen molar-refractivity contribution < 1.29 is 9.19 Å². The highest BCUT2D eigenvalue weighted by molar-refractivity contribution is 4.35. The highest BCUT2D eigenvalue weighted by Crippen LogP contribution is 2.06. The van der Waals surface area contributed by atoms with Crippen molar-refractivity contribution in [3.63, 3.8) is 0 Å². The fourth-order valence-corrected chi connectivity index (χ4v) is 1.62. The lowest BCUT2D eigenvalue weighted by Gasteiger charge is -2.35. The minimum Gasteiger partial charge on any atom is -1.00 e. The second kappa shape index (κ2) is 6.59. The molecular formula is C9H22FN. The third-order valence-electron chi connectivity index (χ3n) is 2.71. The van der Waals surface area contributed by atoms with Crippen LogP contribution in [-0.4, -0.2) is 30.7 Å². The summed E-state index contributed by atoms with van der Waals surface area (Å²) >= 11 is 0. The van der Waals surface area contributed by atoms with E-state index in [9.17, 15) is 0 Å². The van der Waals surface area contributed by atoms with Crippen molar-refractivity contribution in [2.45, 2.75) is 34.1 Å². The molecule has 0 amide bonds. The molecule has 0 unspecified atom stereocenters. The highest BCUT2D eigenvalue weighted by Gasteiger charge is 2.17. The molecule has 0 spiro atoms. The van der Waals surface area contributed by atoms with Crippen molar-refractivity contribution in [1.82, 2.24) is 0 Å². The molecule has 0 bridgehead atoms. The van der Waals surface area contributed by atoms with Crippen molar-refractivity contribution in [2.75, 3.05) is 26.2 Å². The molecule has 0 aromatic heterocycles. The van der Waals surface area contributed by atoms with Crippen molar-refractivity contribution in [3.05, 3.63) is 0 Å². The summed E-state index contributed by atoms with van der Waals surface area (Å²) in [5.74, 6) is 0. The largest absolute Gasteiger partial charge is 1.00 e. The molecule has 0 aromatic rings. The minimum atomic E-state index is 0. The summed E-state index contributed by atoms with van der Waals surface area (Å²) in [5, 5.41) is 0. The molecule has 0 radical (unpaired) electrons. The number of quaternary nitrogens is 1. The van der Waals surface area contributed by atoms with Crippen molar-refractivity contribution in [1.29, 1.82) is 0 Å². The van der Waals surface area contributed by atoms with E-state index in [0.29, 0.717) is 0 Å². The second-order valence-electron chi connectivity index (χ2n) is 3.01. The van der Waals surface area contributed by atoms with E-state index < -0.39 is 0 Å². The van der Waals surface area contributed by atoms with Crippen LogP contribution in [0.5, 0.6) is 0 Å². The van der Waals surface area contributed by atoms with Gasteiger partial charge in [0.15, 0.2) is 0 Å². The molecule has 0 aliphatic rings. The van der Waals surface area contributed by atoms with E-state index in [1.807, 2.05) is 0 Å². The van der Waals surface area contributed by atoms with Crippen molar-refractivity contribution >= 4 is 0 Å². The summed E-state index contributed by atoms with van der Waals surface area (Å²) in [6.07, 6.45) is 1.32. The summed E-state index contributed by atoms with van der Waals surface area (Å²) in [7, 11) is 0. The quantitative estimate of drug-likeness (QED) is 0.469. The van der Waals surface area contributed by atoms with Gasteiger partial charge in [-0.2, -0.15) is 0 Å². The maximum absolute atomic E-state index is 2.29. The van der Waals surface area contributed by atoms with E-state index in [-0.39, 0.29) is 4.70 Å². The Morgan fingerprint density at radius 3 is 1.27 bits per heavy atom. The Morgan fingerprint density at radius 2 is 1.18 bits per heavy atom. The van der Waals surface area contributed by atoms with Gasteiger partial charge in [0, 0.05) is 0 Å². The summed E-state index contributed by atoms with van der Waals surface area (Å²) < 4.78 is 1.30. The molecule has 0 heterocycles. The molecule has 2 heteroatoms. The predicted octanol–water partition coefficient (Wildman–Crippen LogP) is -0.723. The molecule has 0 aliphatic heterocycles. The van der Waals surface area contributed by atoms with Gasteiger partial charge in [-0.05, 0) is 27.2 Å². The average Bonchev–Trinajstić information content (AvgIpc) is 2.01. The number of nitrogens with zero attached hydrogens (tertiary/aromatic N) is 1. The molecule has 0 rings (SSSR count). The Bertz CT molecular complexity index is 71.4. The number of rotatable bonds is 5. The standard InChI is InChI=1S/C9H22N.FH/c1-5-9-10(6-2,7-3)8-4;/h5-9H2,1-4H3;1H/q+1;/p-1. The maximum Gasteiger partial charge on any atom is 0.0783 e. The normalized spacial score (nSPS) is 10.9. The fourth-order valence-electron chi connectivity index (χ4n) is 1.62. The zero-order valence-electron chi connectivity index (χ0n) is 8.36. The van der Waals surface area contributed by atoms with Crippen molar-refractivity contribution in [2.24, 2.45) is 0 Å². The zero-order chi connectivity index (χ0) is 8.04. The monoisotopic (exact) mass is 163 g/mol. The van der Waals surface area contributed by atoms with Gasteiger partial charge < -0.3 is 9.19 Å². The van der Waals surface area contributed by atoms with E-state index in [1.165, 1.54) is 37.1 Å². The first-order valence-electron chi connectivity index (χ1n) is 4.59. The third-order valence-corrected chi connectivity index (χ3v) is 2.71. The number of hydrogen-bond donors (Lipinski definition) is 0. The predicted molar refractivity (Wildman–Crippen MR) is 47.0 cm³/mol. The molecule has 11 heavy (non-hydrogen) atoms. The maximum atomic E-state index is 2.29. The lowest BCUT2D eigenvalue weighted by atomic mass is 10.3. The molecule has 0 saturated carbocycles. The Morgan fingerprint density at radius 1 is 0.818 bits per heavy atom. The molecule has 1 nitrogen and oxygen atoms in total. The van der Waals surface area contributed by atoms with Crippen LogP contribution < -0.4 is 4.70 Å². The molecule has 0 saturated heterocycles. The molecular weight excluding hydrogens is 141 g/mol. The van der Waals surface area contributed by atoms with Gasteiger partial charge in [0.1, 0.15) is 0 Å². The van der Waals surface area contributed by atoms with Crippen LogP contribution in [0.2, 0.25) is 0 Å². The average molecular weight is 163 g/mol. The Labute approximate surface area is 70.4 Å². The Hall–Kier alpha value is -0.110. The summed E-state index contributed by atoms with van der Waals surface area (Å²) in [5.41, 5.74) is 0. The fraction of sp³-hybridized carbons (Fsp3) is 1.00. The molecule has 0 aromatic carbocycles. The second-order valence-corrected chi connectivity index (χ2v) is 3.01. The molecule has 0 aliphatic carbocycles.